The first-order valence-electron chi connectivity index (χ1n) is 5.57. The van der Waals surface area contributed by atoms with Crippen LogP contribution in [0.3, 0.4) is 0 Å². The standard InChI is InChI=1S/C14H11Cl2NO2/c15-11-7-6-9(8-12(11)16)13(14(18)19)17-10-4-2-1-3-5-10/h1-8,13,17H,(H,18,19). The Kier molecular flexibility index (Phi) is 4.30. The van der Waals surface area contributed by atoms with Crippen LogP contribution in [0.15, 0.2) is 48.5 Å². The Labute approximate surface area is 120 Å². The third kappa shape index (κ3) is 3.40. The van der Waals surface area contributed by atoms with Crippen molar-refractivity contribution >= 4 is 34.9 Å². The Morgan fingerprint density at radius 1 is 1.05 bits per heavy atom. The first-order chi connectivity index (χ1) is 9.08. The van der Waals surface area contributed by atoms with Crippen molar-refractivity contribution in [3.63, 3.8) is 0 Å². The van der Waals surface area contributed by atoms with Crippen LogP contribution in [-0.2, 0) is 4.79 Å². The van der Waals surface area contributed by atoms with Gasteiger partial charge in [-0.05, 0) is 29.8 Å². The lowest BCUT2D eigenvalue weighted by molar-refractivity contribution is -0.138. The maximum absolute atomic E-state index is 11.4. The minimum Gasteiger partial charge on any atom is -0.479 e. The van der Waals surface area contributed by atoms with Crippen LogP contribution in [0, 0.1) is 0 Å². The Balaban J connectivity index is 2.30. The molecule has 2 aromatic rings. The molecule has 0 heterocycles. The molecule has 0 bridgehead atoms. The van der Waals surface area contributed by atoms with Crippen molar-refractivity contribution < 1.29 is 9.90 Å². The average Bonchev–Trinajstić information content (AvgIpc) is 2.40. The van der Waals surface area contributed by atoms with Crippen molar-refractivity contribution in [3.8, 4) is 0 Å². The van der Waals surface area contributed by atoms with E-state index in [1.54, 1.807) is 30.3 Å². The van der Waals surface area contributed by atoms with Crippen molar-refractivity contribution in [2.24, 2.45) is 0 Å². The predicted molar refractivity (Wildman–Crippen MR) is 76.9 cm³/mol. The molecular formula is C14H11Cl2NO2. The zero-order chi connectivity index (χ0) is 13.8. The van der Waals surface area contributed by atoms with Gasteiger partial charge in [-0.15, -0.1) is 0 Å². The second-order valence-corrected chi connectivity index (χ2v) is 4.77. The van der Waals surface area contributed by atoms with Crippen LogP contribution in [0.1, 0.15) is 11.6 Å². The molecule has 0 saturated heterocycles. The lowest BCUT2D eigenvalue weighted by Gasteiger charge is -2.16. The molecule has 2 aromatic carbocycles. The minimum absolute atomic E-state index is 0.334. The number of aliphatic carboxylic acids is 1. The molecule has 19 heavy (non-hydrogen) atoms. The van der Waals surface area contributed by atoms with Crippen molar-refractivity contribution in [3.05, 3.63) is 64.1 Å². The molecule has 1 unspecified atom stereocenters. The van der Waals surface area contributed by atoms with Gasteiger partial charge in [0, 0.05) is 5.69 Å². The van der Waals surface area contributed by atoms with Crippen molar-refractivity contribution in [1.29, 1.82) is 0 Å². The van der Waals surface area contributed by atoms with E-state index in [-0.39, 0.29) is 0 Å². The van der Waals surface area contributed by atoms with Crippen LogP contribution < -0.4 is 5.32 Å². The summed E-state index contributed by atoms with van der Waals surface area (Å²) in [6, 6.07) is 13.0. The molecule has 0 spiro atoms. The number of carbonyl (C=O) groups is 1. The lowest BCUT2D eigenvalue weighted by Crippen LogP contribution is -2.20. The molecule has 1 atom stereocenters. The van der Waals surface area contributed by atoms with Gasteiger partial charge in [0.1, 0.15) is 0 Å². The van der Waals surface area contributed by atoms with E-state index in [1.165, 1.54) is 0 Å². The summed E-state index contributed by atoms with van der Waals surface area (Å²) in [5, 5.41) is 13.0. The smallest absolute Gasteiger partial charge is 0.330 e. The number of rotatable bonds is 4. The Morgan fingerprint density at radius 3 is 2.32 bits per heavy atom. The molecule has 98 valence electrons. The summed E-state index contributed by atoms with van der Waals surface area (Å²) in [5.41, 5.74) is 1.27. The van der Waals surface area contributed by atoms with Crippen LogP contribution in [-0.4, -0.2) is 11.1 Å². The molecule has 0 aliphatic heterocycles. The zero-order valence-electron chi connectivity index (χ0n) is 9.81. The number of halogens is 2. The summed E-state index contributed by atoms with van der Waals surface area (Å²) in [4.78, 5) is 11.4. The van der Waals surface area contributed by atoms with Crippen LogP contribution >= 0.6 is 23.2 Å². The van der Waals surface area contributed by atoms with Gasteiger partial charge in [0.2, 0.25) is 0 Å². The van der Waals surface area contributed by atoms with Gasteiger partial charge in [0.05, 0.1) is 10.0 Å². The van der Waals surface area contributed by atoms with E-state index >= 15 is 0 Å². The third-order valence-electron chi connectivity index (χ3n) is 2.61. The number of hydrogen-bond acceptors (Lipinski definition) is 2. The summed E-state index contributed by atoms with van der Waals surface area (Å²) in [7, 11) is 0. The summed E-state index contributed by atoms with van der Waals surface area (Å²) in [6.45, 7) is 0. The molecule has 2 rings (SSSR count). The summed E-state index contributed by atoms with van der Waals surface area (Å²) >= 11 is 11.7. The third-order valence-corrected chi connectivity index (χ3v) is 3.35. The molecule has 5 heteroatoms. The maximum Gasteiger partial charge on any atom is 0.330 e. The van der Waals surface area contributed by atoms with Crippen molar-refractivity contribution in [1.82, 2.24) is 0 Å². The van der Waals surface area contributed by atoms with Crippen LogP contribution in [0.4, 0.5) is 5.69 Å². The van der Waals surface area contributed by atoms with Gasteiger partial charge in [0.15, 0.2) is 6.04 Å². The second-order valence-electron chi connectivity index (χ2n) is 3.96. The van der Waals surface area contributed by atoms with Gasteiger partial charge in [0.25, 0.3) is 0 Å². The number of anilines is 1. The number of carboxylic acids is 1. The highest BCUT2D eigenvalue weighted by atomic mass is 35.5. The van der Waals surface area contributed by atoms with E-state index in [9.17, 15) is 9.90 Å². The summed E-state index contributed by atoms with van der Waals surface area (Å²) < 4.78 is 0. The average molecular weight is 296 g/mol. The summed E-state index contributed by atoms with van der Waals surface area (Å²) in [6.07, 6.45) is 0. The van der Waals surface area contributed by atoms with Gasteiger partial charge < -0.3 is 10.4 Å². The molecule has 0 aromatic heterocycles. The van der Waals surface area contributed by atoms with Gasteiger partial charge in [-0.3, -0.25) is 0 Å². The van der Waals surface area contributed by atoms with E-state index in [4.69, 9.17) is 23.2 Å². The maximum atomic E-state index is 11.4. The molecule has 2 N–H and O–H groups in total. The van der Waals surface area contributed by atoms with Crippen LogP contribution in [0.5, 0.6) is 0 Å². The van der Waals surface area contributed by atoms with Crippen molar-refractivity contribution in [2.45, 2.75) is 6.04 Å². The molecule has 3 nitrogen and oxygen atoms in total. The van der Waals surface area contributed by atoms with E-state index in [2.05, 4.69) is 5.32 Å². The predicted octanol–water partition coefficient (Wildman–Crippen LogP) is 4.23. The molecule has 0 amide bonds. The highest BCUT2D eigenvalue weighted by Crippen LogP contribution is 2.27. The first kappa shape index (κ1) is 13.7. The topological polar surface area (TPSA) is 49.3 Å². The zero-order valence-corrected chi connectivity index (χ0v) is 11.3. The number of para-hydroxylation sites is 1. The Hall–Kier alpha value is -1.71. The quantitative estimate of drug-likeness (QED) is 0.887. The van der Waals surface area contributed by atoms with E-state index in [1.807, 2.05) is 18.2 Å². The van der Waals surface area contributed by atoms with Gasteiger partial charge in [-0.1, -0.05) is 47.5 Å². The molecular weight excluding hydrogens is 285 g/mol. The number of carboxylic acid groups (broad SMARTS) is 1. The van der Waals surface area contributed by atoms with Crippen molar-refractivity contribution in [2.75, 3.05) is 5.32 Å². The molecule has 0 radical (unpaired) electrons. The fourth-order valence-electron chi connectivity index (χ4n) is 1.68. The first-order valence-corrected chi connectivity index (χ1v) is 6.33. The fourth-order valence-corrected chi connectivity index (χ4v) is 1.99. The lowest BCUT2D eigenvalue weighted by atomic mass is 10.1. The van der Waals surface area contributed by atoms with Crippen LogP contribution in [0.25, 0.3) is 0 Å². The number of nitrogens with one attached hydrogen (secondary N) is 1. The molecule has 0 saturated carbocycles. The molecule has 0 aliphatic rings. The molecule has 0 fully saturated rings. The van der Waals surface area contributed by atoms with E-state index in [0.717, 1.165) is 5.69 Å². The van der Waals surface area contributed by atoms with Crippen LogP contribution in [0.2, 0.25) is 10.0 Å². The van der Waals surface area contributed by atoms with Gasteiger partial charge >= 0.3 is 5.97 Å². The second kappa shape index (κ2) is 5.95. The van der Waals surface area contributed by atoms with E-state index in [0.29, 0.717) is 15.6 Å². The Morgan fingerprint density at radius 2 is 1.74 bits per heavy atom. The highest BCUT2D eigenvalue weighted by Gasteiger charge is 2.20. The van der Waals surface area contributed by atoms with Gasteiger partial charge in [-0.2, -0.15) is 0 Å². The SMILES string of the molecule is O=C(O)C(Nc1ccccc1)c1ccc(Cl)c(Cl)c1. The Bertz CT molecular complexity index is 587. The van der Waals surface area contributed by atoms with E-state index < -0.39 is 12.0 Å². The largest absolute Gasteiger partial charge is 0.479 e. The fraction of sp³-hybridized carbons (Fsp3) is 0.0714. The normalized spacial score (nSPS) is 11.9. The summed E-state index contributed by atoms with van der Waals surface area (Å²) in [5.74, 6) is -0.984. The highest BCUT2D eigenvalue weighted by molar-refractivity contribution is 6.42. The number of benzene rings is 2. The minimum atomic E-state index is -0.984. The number of hydrogen-bond donors (Lipinski definition) is 2. The molecule has 0 aliphatic carbocycles. The monoisotopic (exact) mass is 295 g/mol. The van der Waals surface area contributed by atoms with Gasteiger partial charge in [-0.25, -0.2) is 4.79 Å².